The maximum atomic E-state index is 12.2. The molecule has 1 unspecified atom stereocenters. The highest BCUT2D eigenvalue weighted by atomic mass is 16.5. The number of benzene rings is 2. The van der Waals surface area contributed by atoms with Gasteiger partial charge in [-0.05, 0) is 36.2 Å². The SMILES string of the molecule is CCc1cc2c(C[NH+]3CCC[C@@H]3c3ccc4c(c3)OCCCO4)cc(=O)oc2cc1O. The van der Waals surface area contributed by atoms with Gasteiger partial charge in [0.1, 0.15) is 23.9 Å². The van der Waals surface area contributed by atoms with E-state index in [1.54, 1.807) is 12.1 Å². The minimum Gasteiger partial charge on any atom is -0.508 e. The summed E-state index contributed by atoms with van der Waals surface area (Å²) in [7, 11) is 0. The second-order valence-corrected chi connectivity index (χ2v) is 8.46. The Morgan fingerprint density at radius 3 is 2.71 bits per heavy atom. The lowest BCUT2D eigenvalue weighted by Gasteiger charge is -2.23. The fraction of sp³-hybridized carbons (Fsp3) is 0.400. The Labute approximate surface area is 181 Å². The van der Waals surface area contributed by atoms with E-state index in [-0.39, 0.29) is 11.4 Å². The molecule has 3 heterocycles. The molecular weight excluding hydrogens is 394 g/mol. The summed E-state index contributed by atoms with van der Waals surface area (Å²) in [6.45, 7) is 5.14. The number of hydrogen-bond donors (Lipinski definition) is 2. The number of aryl methyl sites for hydroxylation is 1. The molecule has 2 atom stereocenters. The van der Waals surface area contributed by atoms with E-state index < -0.39 is 0 Å². The van der Waals surface area contributed by atoms with Gasteiger partial charge in [0.15, 0.2) is 11.5 Å². The van der Waals surface area contributed by atoms with Crippen molar-refractivity contribution in [1.29, 1.82) is 0 Å². The number of phenolic OH excluding ortho intramolecular Hbond substituents is 1. The number of quaternary nitrogens is 1. The second kappa shape index (κ2) is 8.27. The molecule has 0 spiro atoms. The molecule has 0 bridgehead atoms. The Kier molecular flexibility index (Phi) is 5.32. The summed E-state index contributed by atoms with van der Waals surface area (Å²) in [5.41, 5.74) is 3.14. The third-order valence-corrected chi connectivity index (χ3v) is 6.49. The molecule has 6 nitrogen and oxygen atoms in total. The van der Waals surface area contributed by atoms with Crippen LogP contribution in [0.5, 0.6) is 17.2 Å². The van der Waals surface area contributed by atoms with E-state index >= 15 is 0 Å². The third-order valence-electron chi connectivity index (χ3n) is 6.49. The Morgan fingerprint density at radius 1 is 1.03 bits per heavy atom. The van der Waals surface area contributed by atoms with E-state index in [1.165, 1.54) is 10.5 Å². The Hall–Kier alpha value is -2.99. The molecule has 0 radical (unpaired) electrons. The van der Waals surface area contributed by atoms with Crippen LogP contribution in [0.2, 0.25) is 0 Å². The number of ether oxygens (including phenoxy) is 2. The average molecular weight is 423 g/mol. The van der Waals surface area contributed by atoms with Crippen molar-refractivity contribution in [2.45, 2.75) is 45.2 Å². The highest BCUT2D eigenvalue weighted by Gasteiger charge is 2.31. The topological polar surface area (TPSA) is 73.3 Å². The maximum Gasteiger partial charge on any atom is 0.336 e. The van der Waals surface area contributed by atoms with Gasteiger partial charge in [0.2, 0.25) is 0 Å². The van der Waals surface area contributed by atoms with Gasteiger partial charge in [0, 0.05) is 47.9 Å². The van der Waals surface area contributed by atoms with E-state index in [0.717, 1.165) is 66.8 Å². The lowest BCUT2D eigenvalue weighted by molar-refractivity contribution is -0.931. The van der Waals surface area contributed by atoms with E-state index in [9.17, 15) is 9.90 Å². The van der Waals surface area contributed by atoms with Crippen LogP contribution in [0.25, 0.3) is 11.0 Å². The molecule has 31 heavy (non-hydrogen) atoms. The van der Waals surface area contributed by atoms with Crippen molar-refractivity contribution >= 4 is 11.0 Å². The smallest absolute Gasteiger partial charge is 0.336 e. The number of phenols is 1. The molecule has 2 aliphatic heterocycles. The second-order valence-electron chi connectivity index (χ2n) is 8.46. The normalized spacial score (nSPS) is 20.7. The van der Waals surface area contributed by atoms with Gasteiger partial charge in [0.05, 0.1) is 19.8 Å². The van der Waals surface area contributed by atoms with Crippen molar-refractivity contribution in [3.8, 4) is 17.2 Å². The minimum absolute atomic E-state index is 0.175. The molecule has 1 aromatic heterocycles. The molecule has 0 saturated carbocycles. The van der Waals surface area contributed by atoms with Crippen molar-refractivity contribution in [2.75, 3.05) is 19.8 Å². The van der Waals surface area contributed by atoms with E-state index in [2.05, 4.69) is 12.1 Å². The largest absolute Gasteiger partial charge is 0.508 e. The van der Waals surface area contributed by atoms with E-state index in [1.807, 2.05) is 19.1 Å². The first-order valence-electron chi connectivity index (χ1n) is 11.1. The highest BCUT2D eigenvalue weighted by Crippen LogP contribution is 2.34. The van der Waals surface area contributed by atoms with Gasteiger partial charge in [-0.2, -0.15) is 0 Å². The van der Waals surface area contributed by atoms with Gasteiger partial charge < -0.3 is 23.9 Å². The summed E-state index contributed by atoms with van der Waals surface area (Å²) < 4.78 is 17.1. The van der Waals surface area contributed by atoms with Crippen LogP contribution < -0.4 is 20.0 Å². The van der Waals surface area contributed by atoms with Gasteiger partial charge in [-0.15, -0.1) is 0 Å². The Morgan fingerprint density at radius 2 is 1.87 bits per heavy atom. The summed E-state index contributed by atoms with van der Waals surface area (Å²) in [5, 5.41) is 11.1. The van der Waals surface area contributed by atoms with Gasteiger partial charge in [0.25, 0.3) is 0 Å². The lowest BCUT2D eigenvalue weighted by Crippen LogP contribution is -3.08. The van der Waals surface area contributed by atoms with Crippen molar-refractivity contribution in [2.24, 2.45) is 0 Å². The predicted molar refractivity (Wildman–Crippen MR) is 117 cm³/mol. The summed E-state index contributed by atoms with van der Waals surface area (Å²) in [6, 6.07) is 11.8. The molecule has 0 aliphatic carbocycles. The molecule has 3 aromatic rings. The van der Waals surface area contributed by atoms with Crippen molar-refractivity contribution < 1.29 is 23.9 Å². The van der Waals surface area contributed by atoms with Crippen LogP contribution in [0, 0.1) is 0 Å². The lowest BCUT2D eigenvalue weighted by atomic mass is 10.0. The van der Waals surface area contributed by atoms with Gasteiger partial charge in [-0.3, -0.25) is 0 Å². The van der Waals surface area contributed by atoms with Crippen LogP contribution in [0.15, 0.2) is 45.6 Å². The van der Waals surface area contributed by atoms with Crippen molar-refractivity contribution in [3.05, 3.63) is 63.5 Å². The number of fused-ring (bicyclic) bond motifs is 2. The predicted octanol–water partition coefficient (Wildman–Crippen LogP) is 3.14. The van der Waals surface area contributed by atoms with Crippen molar-refractivity contribution in [1.82, 2.24) is 0 Å². The maximum absolute atomic E-state index is 12.2. The molecule has 1 saturated heterocycles. The standard InChI is InChI=1S/C25H27NO5/c1-2-16-11-19-18(13-25(28)31-23(19)14-21(16)27)15-26-8-3-5-20(26)17-6-7-22-24(12-17)30-10-4-9-29-22/h6-7,11-14,20,27H,2-5,8-10,15H2,1H3/p+1/t20-/m1/s1. The van der Waals surface area contributed by atoms with Crippen LogP contribution in [0.1, 0.15) is 48.9 Å². The number of aromatic hydroxyl groups is 1. The number of rotatable bonds is 4. The Bertz CT molecular complexity index is 1170. The van der Waals surface area contributed by atoms with Crippen LogP contribution >= 0.6 is 0 Å². The number of hydrogen-bond acceptors (Lipinski definition) is 5. The monoisotopic (exact) mass is 422 g/mol. The first-order valence-corrected chi connectivity index (χ1v) is 11.1. The molecule has 2 aromatic carbocycles. The van der Waals surface area contributed by atoms with Crippen LogP contribution in [0.4, 0.5) is 0 Å². The summed E-state index contributed by atoms with van der Waals surface area (Å²) in [4.78, 5) is 13.6. The zero-order chi connectivity index (χ0) is 21.4. The summed E-state index contributed by atoms with van der Waals surface area (Å²) in [5.74, 6) is 1.82. The molecule has 2 aliphatic rings. The average Bonchev–Trinajstić information content (AvgIpc) is 3.08. The highest BCUT2D eigenvalue weighted by molar-refractivity contribution is 5.82. The van der Waals surface area contributed by atoms with Crippen molar-refractivity contribution in [3.63, 3.8) is 0 Å². The van der Waals surface area contributed by atoms with Gasteiger partial charge in [-0.1, -0.05) is 6.92 Å². The third kappa shape index (κ3) is 3.88. The van der Waals surface area contributed by atoms with E-state index in [0.29, 0.717) is 24.8 Å². The fourth-order valence-electron chi connectivity index (χ4n) is 4.90. The van der Waals surface area contributed by atoms with Gasteiger partial charge in [-0.25, -0.2) is 4.79 Å². The molecular formula is C25H28NO5+. The van der Waals surface area contributed by atoms with Crippen LogP contribution in [-0.2, 0) is 13.0 Å². The molecule has 0 amide bonds. The first-order chi connectivity index (χ1) is 15.1. The summed E-state index contributed by atoms with van der Waals surface area (Å²) in [6.07, 6.45) is 3.84. The Balaban J connectivity index is 1.48. The van der Waals surface area contributed by atoms with Crippen LogP contribution in [-0.4, -0.2) is 24.9 Å². The van der Waals surface area contributed by atoms with Crippen LogP contribution in [0.3, 0.4) is 0 Å². The van der Waals surface area contributed by atoms with E-state index in [4.69, 9.17) is 13.9 Å². The minimum atomic E-state index is -0.378. The zero-order valence-electron chi connectivity index (χ0n) is 17.8. The number of likely N-dealkylation sites (tertiary alicyclic amines) is 1. The zero-order valence-corrected chi connectivity index (χ0v) is 17.8. The quantitative estimate of drug-likeness (QED) is 0.632. The molecule has 1 fully saturated rings. The molecule has 2 N–H and O–H groups in total. The fourth-order valence-corrected chi connectivity index (χ4v) is 4.90. The van der Waals surface area contributed by atoms with Gasteiger partial charge >= 0.3 is 5.63 Å². The molecule has 5 rings (SSSR count). The molecule has 6 heteroatoms. The summed E-state index contributed by atoms with van der Waals surface area (Å²) >= 11 is 0. The molecule has 162 valence electrons. The first kappa shape index (κ1) is 19.9. The number of nitrogens with one attached hydrogen (secondary N) is 1.